The summed E-state index contributed by atoms with van der Waals surface area (Å²) >= 11 is 0. The van der Waals surface area contributed by atoms with Gasteiger partial charge in [0.25, 0.3) is 0 Å². The van der Waals surface area contributed by atoms with Gasteiger partial charge < -0.3 is 20.3 Å². The summed E-state index contributed by atoms with van der Waals surface area (Å²) in [5, 5.41) is 22.6. The van der Waals surface area contributed by atoms with Crippen LogP contribution in [-0.2, 0) is 6.42 Å². The van der Waals surface area contributed by atoms with Crippen LogP contribution in [0.15, 0.2) is 24.3 Å². The zero-order chi connectivity index (χ0) is 15.2. The Morgan fingerprint density at radius 2 is 1.80 bits per heavy atom. The van der Waals surface area contributed by atoms with Gasteiger partial charge in [0.1, 0.15) is 18.5 Å². The molecule has 0 aliphatic heterocycles. The first-order chi connectivity index (χ1) is 9.35. The van der Waals surface area contributed by atoms with Crippen molar-refractivity contribution >= 4 is 0 Å². The van der Waals surface area contributed by atoms with Crippen LogP contribution in [0.25, 0.3) is 0 Å². The van der Waals surface area contributed by atoms with E-state index in [2.05, 4.69) is 12.2 Å². The van der Waals surface area contributed by atoms with Crippen molar-refractivity contribution in [3.8, 4) is 5.75 Å². The Labute approximate surface area is 121 Å². The molecule has 4 heteroatoms. The lowest BCUT2D eigenvalue weighted by atomic mass is 9.99. The minimum Gasteiger partial charge on any atom is -0.491 e. The van der Waals surface area contributed by atoms with Gasteiger partial charge in [-0.3, -0.25) is 0 Å². The average molecular weight is 281 g/mol. The molecule has 0 fully saturated rings. The third kappa shape index (κ3) is 5.49. The smallest absolute Gasteiger partial charge is 0.119 e. The molecule has 0 aromatic heterocycles. The Morgan fingerprint density at radius 3 is 2.30 bits per heavy atom. The van der Waals surface area contributed by atoms with E-state index in [1.165, 1.54) is 5.56 Å². The van der Waals surface area contributed by atoms with Gasteiger partial charge in [0.2, 0.25) is 0 Å². The van der Waals surface area contributed by atoms with Gasteiger partial charge in [-0.15, -0.1) is 0 Å². The number of aliphatic hydroxyl groups excluding tert-OH is 2. The molecule has 0 heterocycles. The van der Waals surface area contributed by atoms with Gasteiger partial charge in [0.05, 0.1) is 6.10 Å². The lowest BCUT2D eigenvalue weighted by molar-refractivity contribution is 0.0648. The number of rotatable bonds is 8. The van der Waals surface area contributed by atoms with E-state index >= 15 is 0 Å². The summed E-state index contributed by atoms with van der Waals surface area (Å²) in [6.07, 6.45) is -0.0996. The van der Waals surface area contributed by atoms with Crippen LogP contribution in [0.5, 0.6) is 5.75 Å². The fourth-order valence-electron chi connectivity index (χ4n) is 1.60. The fraction of sp³-hybridized carbons (Fsp3) is 0.625. The molecule has 0 radical (unpaired) electrons. The van der Waals surface area contributed by atoms with Crippen molar-refractivity contribution in [3.05, 3.63) is 29.8 Å². The van der Waals surface area contributed by atoms with Gasteiger partial charge in [-0.2, -0.15) is 0 Å². The number of benzene rings is 1. The maximum absolute atomic E-state index is 9.89. The second kappa shape index (κ2) is 7.62. The zero-order valence-corrected chi connectivity index (χ0v) is 12.9. The van der Waals surface area contributed by atoms with E-state index in [1.54, 1.807) is 6.92 Å². The number of aliphatic hydroxyl groups is 2. The quantitative estimate of drug-likeness (QED) is 0.679. The van der Waals surface area contributed by atoms with Crippen molar-refractivity contribution in [1.82, 2.24) is 5.32 Å². The summed E-state index contributed by atoms with van der Waals surface area (Å²) in [6, 6.07) is 7.88. The fourth-order valence-corrected chi connectivity index (χ4v) is 1.60. The van der Waals surface area contributed by atoms with Crippen LogP contribution in [-0.4, -0.2) is 41.1 Å². The largest absolute Gasteiger partial charge is 0.491 e. The summed E-state index contributed by atoms with van der Waals surface area (Å²) in [5.41, 5.74) is 0.835. The van der Waals surface area contributed by atoms with Gasteiger partial charge in [-0.25, -0.2) is 0 Å². The molecule has 0 saturated carbocycles. The summed E-state index contributed by atoms with van der Waals surface area (Å²) in [7, 11) is 0. The van der Waals surface area contributed by atoms with Crippen molar-refractivity contribution in [2.45, 2.75) is 51.9 Å². The van der Waals surface area contributed by atoms with Crippen molar-refractivity contribution in [1.29, 1.82) is 0 Å². The van der Waals surface area contributed by atoms with Gasteiger partial charge in [-0.1, -0.05) is 19.1 Å². The lowest BCUT2D eigenvalue weighted by Crippen LogP contribution is -2.51. The highest BCUT2D eigenvalue weighted by Crippen LogP contribution is 2.13. The average Bonchev–Trinajstić information content (AvgIpc) is 2.43. The second-order valence-corrected chi connectivity index (χ2v) is 5.74. The lowest BCUT2D eigenvalue weighted by Gasteiger charge is -2.30. The second-order valence-electron chi connectivity index (χ2n) is 5.74. The van der Waals surface area contributed by atoms with E-state index in [0.717, 1.165) is 12.2 Å². The first-order valence-corrected chi connectivity index (χ1v) is 7.18. The Balaban J connectivity index is 2.34. The Morgan fingerprint density at radius 1 is 1.20 bits per heavy atom. The molecule has 3 N–H and O–H groups in total. The molecular formula is C16H27NO3. The van der Waals surface area contributed by atoms with Crippen molar-refractivity contribution < 1.29 is 14.9 Å². The number of nitrogens with one attached hydrogen (secondary N) is 1. The van der Waals surface area contributed by atoms with Crippen LogP contribution in [0.4, 0.5) is 0 Å². The number of hydrogen-bond donors (Lipinski definition) is 3. The van der Waals surface area contributed by atoms with Gasteiger partial charge >= 0.3 is 0 Å². The highest BCUT2D eigenvalue weighted by Gasteiger charge is 2.24. The van der Waals surface area contributed by atoms with Crippen LogP contribution in [0.2, 0.25) is 0 Å². The molecule has 0 spiro atoms. The SMILES string of the molecule is CCc1ccc(OCC(O)CNC(C)(C)C(C)O)cc1. The molecule has 1 aromatic carbocycles. The topological polar surface area (TPSA) is 61.7 Å². The van der Waals surface area contributed by atoms with Crippen molar-refractivity contribution in [3.63, 3.8) is 0 Å². The van der Waals surface area contributed by atoms with E-state index in [9.17, 15) is 10.2 Å². The Hall–Kier alpha value is -1.10. The predicted molar refractivity (Wildman–Crippen MR) is 81.1 cm³/mol. The van der Waals surface area contributed by atoms with Crippen LogP contribution in [0.1, 0.15) is 33.3 Å². The monoisotopic (exact) mass is 281 g/mol. The maximum Gasteiger partial charge on any atom is 0.119 e. The highest BCUT2D eigenvalue weighted by atomic mass is 16.5. The van der Waals surface area contributed by atoms with Crippen LogP contribution in [0, 0.1) is 0 Å². The molecule has 2 atom stereocenters. The number of β-amino-alcohol motifs (C(OH)–C–C–N with tert-alkyl or cyclic N) is 1. The zero-order valence-electron chi connectivity index (χ0n) is 12.9. The Bertz CT molecular complexity index is 387. The van der Waals surface area contributed by atoms with Gasteiger partial charge in [0.15, 0.2) is 0 Å². The minimum atomic E-state index is -0.612. The molecule has 4 nitrogen and oxygen atoms in total. The molecule has 0 amide bonds. The maximum atomic E-state index is 9.89. The van der Waals surface area contributed by atoms with Crippen molar-refractivity contribution in [2.24, 2.45) is 0 Å². The summed E-state index contributed by atoms with van der Waals surface area (Å²) in [6.45, 7) is 8.24. The Kier molecular flexibility index (Phi) is 6.46. The standard InChI is InChI=1S/C16H27NO3/c1-5-13-6-8-15(9-7-13)20-11-14(19)10-17-16(3,4)12(2)18/h6-9,12,14,17-19H,5,10-11H2,1-4H3. The third-order valence-electron chi connectivity index (χ3n) is 3.61. The summed E-state index contributed by atoms with van der Waals surface area (Å²) < 4.78 is 5.54. The first kappa shape index (κ1) is 17.0. The third-order valence-corrected chi connectivity index (χ3v) is 3.61. The molecule has 0 saturated heterocycles. The van der Waals surface area contributed by atoms with E-state index < -0.39 is 17.7 Å². The summed E-state index contributed by atoms with van der Waals surface area (Å²) in [5.74, 6) is 0.760. The van der Waals surface area contributed by atoms with E-state index in [-0.39, 0.29) is 6.61 Å². The highest BCUT2D eigenvalue weighted by molar-refractivity contribution is 5.27. The minimum absolute atomic E-state index is 0.231. The molecule has 20 heavy (non-hydrogen) atoms. The number of hydrogen-bond acceptors (Lipinski definition) is 4. The first-order valence-electron chi connectivity index (χ1n) is 7.18. The summed E-state index contributed by atoms with van der Waals surface area (Å²) in [4.78, 5) is 0. The molecule has 1 aromatic rings. The van der Waals surface area contributed by atoms with E-state index in [1.807, 2.05) is 38.1 Å². The van der Waals surface area contributed by atoms with Crippen LogP contribution in [0.3, 0.4) is 0 Å². The predicted octanol–water partition coefficient (Wildman–Crippen LogP) is 1.74. The number of aryl methyl sites for hydroxylation is 1. The van der Waals surface area contributed by atoms with Crippen LogP contribution >= 0.6 is 0 Å². The van der Waals surface area contributed by atoms with Gasteiger partial charge in [0, 0.05) is 12.1 Å². The van der Waals surface area contributed by atoms with E-state index in [0.29, 0.717) is 6.54 Å². The molecule has 1 rings (SSSR count). The number of ether oxygens (including phenoxy) is 1. The normalized spacial score (nSPS) is 14.9. The molecule has 0 aliphatic rings. The molecular weight excluding hydrogens is 254 g/mol. The molecule has 2 unspecified atom stereocenters. The van der Waals surface area contributed by atoms with Gasteiger partial charge in [-0.05, 0) is 44.9 Å². The van der Waals surface area contributed by atoms with E-state index in [4.69, 9.17) is 4.74 Å². The van der Waals surface area contributed by atoms with Crippen molar-refractivity contribution in [2.75, 3.05) is 13.2 Å². The molecule has 0 aliphatic carbocycles. The molecule has 114 valence electrons. The van der Waals surface area contributed by atoms with Crippen LogP contribution < -0.4 is 10.1 Å². The molecule has 0 bridgehead atoms.